The van der Waals surface area contributed by atoms with Gasteiger partial charge >= 0.3 is 0 Å². The van der Waals surface area contributed by atoms with E-state index in [0.29, 0.717) is 30.4 Å². The summed E-state index contributed by atoms with van der Waals surface area (Å²) in [6.07, 6.45) is 2.27. The average molecular weight is 390 g/mol. The van der Waals surface area contributed by atoms with Gasteiger partial charge in [0.1, 0.15) is 11.6 Å². The van der Waals surface area contributed by atoms with Crippen LogP contribution in [0.15, 0.2) is 47.4 Å². The molecule has 0 spiro atoms. The van der Waals surface area contributed by atoms with Crippen LogP contribution >= 0.6 is 0 Å². The highest BCUT2D eigenvalue weighted by Crippen LogP contribution is 2.33. The number of carbonyl (C=O) groups excluding carboxylic acids is 1. The quantitative estimate of drug-likeness (QED) is 0.852. The van der Waals surface area contributed by atoms with Crippen LogP contribution < -0.4 is 9.46 Å². The molecular formula is C19H19FN2O4S. The molecular weight excluding hydrogens is 371 g/mol. The van der Waals surface area contributed by atoms with Crippen molar-refractivity contribution >= 4 is 21.6 Å². The van der Waals surface area contributed by atoms with Crippen molar-refractivity contribution in [3.63, 3.8) is 0 Å². The Hall–Kier alpha value is -2.61. The first-order valence-electron chi connectivity index (χ1n) is 8.72. The van der Waals surface area contributed by atoms with Gasteiger partial charge in [0.2, 0.25) is 0 Å². The zero-order valence-corrected chi connectivity index (χ0v) is 15.3. The smallest absolute Gasteiger partial charge is 0.261 e. The van der Waals surface area contributed by atoms with Crippen LogP contribution in [0.3, 0.4) is 0 Å². The first-order chi connectivity index (χ1) is 12.9. The summed E-state index contributed by atoms with van der Waals surface area (Å²) in [6.45, 7) is 1.07. The molecule has 0 radical (unpaired) electrons. The number of benzene rings is 2. The summed E-state index contributed by atoms with van der Waals surface area (Å²) in [5.41, 5.74) is 1.11. The maximum absolute atomic E-state index is 13.0. The van der Waals surface area contributed by atoms with E-state index in [1.54, 1.807) is 23.1 Å². The number of anilines is 1. The first kappa shape index (κ1) is 17.8. The fourth-order valence-electron chi connectivity index (χ4n) is 3.04. The number of nitrogens with zero attached hydrogens (tertiary/aromatic N) is 1. The number of amides is 1. The molecule has 1 aliphatic carbocycles. The minimum absolute atomic E-state index is 0.0135. The molecule has 2 aromatic carbocycles. The van der Waals surface area contributed by atoms with Gasteiger partial charge in [-0.15, -0.1) is 0 Å². The van der Waals surface area contributed by atoms with Gasteiger partial charge in [-0.2, -0.15) is 0 Å². The van der Waals surface area contributed by atoms with Crippen molar-refractivity contribution in [3.05, 3.63) is 53.8 Å². The van der Waals surface area contributed by atoms with Crippen molar-refractivity contribution in [2.45, 2.75) is 24.3 Å². The van der Waals surface area contributed by atoms with E-state index in [-0.39, 0.29) is 17.4 Å². The third kappa shape index (κ3) is 4.05. The molecule has 8 heteroatoms. The molecule has 142 valence electrons. The molecule has 6 nitrogen and oxygen atoms in total. The zero-order chi connectivity index (χ0) is 19.0. The Labute approximate surface area is 157 Å². The van der Waals surface area contributed by atoms with E-state index in [1.807, 2.05) is 0 Å². The summed E-state index contributed by atoms with van der Waals surface area (Å²) in [7, 11) is -3.84. The standard InChI is InChI=1S/C19H19FN2O4S/c20-15-3-6-17(7-4-15)27(24,25)21-16-5-8-18-14(9-16)11-22(10-13-1-2-13)19(23)12-26-18/h3-9,13,21H,1-2,10-12H2. The van der Waals surface area contributed by atoms with Crippen LogP contribution in [0.4, 0.5) is 10.1 Å². The highest BCUT2D eigenvalue weighted by molar-refractivity contribution is 7.92. The Balaban J connectivity index is 1.57. The Morgan fingerprint density at radius 3 is 2.59 bits per heavy atom. The molecule has 1 fully saturated rings. The SMILES string of the molecule is O=C1COc2ccc(NS(=O)(=O)c3ccc(F)cc3)cc2CN1CC1CC1. The van der Waals surface area contributed by atoms with Gasteiger partial charge in [0.15, 0.2) is 6.61 Å². The van der Waals surface area contributed by atoms with Gasteiger partial charge in [-0.05, 0) is 61.2 Å². The lowest BCUT2D eigenvalue weighted by Gasteiger charge is -2.19. The first-order valence-corrected chi connectivity index (χ1v) is 10.2. The van der Waals surface area contributed by atoms with Crippen LogP contribution in [-0.2, 0) is 21.4 Å². The number of hydrogen-bond acceptors (Lipinski definition) is 4. The predicted octanol–water partition coefficient (Wildman–Crippen LogP) is 2.76. The van der Waals surface area contributed by atoms with E-state index in [4.69, 9.17) is 4.74 Å². The van der Waals surface area contributed by atoms with E-state index in [9.17, 15) is 17.6 Å². The van der Waals surface area contributed by atoms with Crippen LogP contribution in [0, 0.1) is 11.7 Å². The Bertz CT molecular complexity index is 972. The summed E-state index contributed by atoms with van der Waals surface area (Å²) < 4.78 is 46.1. The zero-order valence-electron chi connectivity index (χ0n) is 14.5. The normalized spacial score (nSPS) is 17.1. The minimum Gasteiger partial charge on any atom is -0.483 e. The molecule has 0 unspecified atom stereocenters. The Morgan fingerprint density at radius 2 is 1.89 bits per heavy atom. The van der Waals surface area contributed by atoms with Crippen LogP contribution in [-0.4, -0.2) is 32.4 Å². The van der Waals surface area contributed by atoms with Crippen LogP contribution in [0.5, 0.6) is 5.75 Å². The second-order valence-electron chi connectivity index (χ2n) is 6.89. The van der Waals surface area contributed by atoms with E-state index in [2.05, 4.69) is 4.72 Å². The Morgan fingerprint density at radius 1 is 1.15 bits per heavy atom. The number of halogens is 1. The van der Waals surface area contributed by atoms with Gasteiger partial charge in [0.05, 0.1) is 4.90 Å². The molecule has 27 heavy (non-hydrogen) atoms. The van der Waals surface area contributed by atoms with E-state index < -0.39 is 15.8 Å². The molecule has 2 aromatic rings. The van der Waals surface area contributed by atoms with Crippen LogP contribution in [0.2, 0.25) is 0 Å². The molecule has 1 N–H and O–H groups in total. The number of fused-ring (bicyclic) bond motifs is 1. The monoisotopic (exact) mass is 390 g/mol. The topological polar surface area (TPSA) is 75.7 Å². The number of sulfonamides is 1. The number of rotatable bonds is 5. The third-order valence-corrected chi connectivity index (χ3v) is 6.07. The molecule has 0 bridgehead atoms. The summed E-state index contributed by atoms with van der Waals surface area (Å²) in [5.74, 6) is 0.560. The molecule has 0 saturated heterocycles. The highest BCUT2D eigenvalue weighted by atomic mass is 32.2. The number of ether oxygens (including phenoxy) is 1. The lowest BCUT2D eigenvalue weighted by molar-refractivity contribution is -0.133. The maximum atomic E-state index is 13.0. The lowest BCUT2D eigenvalue weighted by Crippen LogP contribution is -2.34. The van der Waals surface area contributed by atoms with Gasteiger partial charge in [-0.25, -0.2) is 12.8 Å². The number of carbonyl (C=O) groups is 1. The van der Waals surface area contributed by atoms with Gasteiger partial charge in [0, 0.05) is 24.3 Å². The molecule has 0 aromatic heterocycles. The van der Waals surface area contributed by atoms with Crippen molar-refractivity contribution in [2.75, 3.05) is 17.9 Å². The summed E-state index contributed by atoms with van der Waals surface area (Å²) in [5, 5.41) is 0. The van der Waals surface area contributed by atoms with E-state index in [0.717, 1.165) is 30.5 Å². The molecule has 2 aliphatic rings. The van der Waals surface area contributed by atoms with E-state index in [1.165, 1.54) is 12.1 Å². The lowest BCUT2D eigenvalue weighted by atomic mass is 10.1. The fraction of sp³-hybridized carbons (Fsp3) is 0.316. The van der Waals surface area contributed by atoms with E-state index >= 15 is 0 Å². The molecule has 1 heterocycles. The van der Waals surface area contributed by atoms with Gasteiger partial charge in [0.25, 0.3) is 15.9 Å². The van der Waals surface area contributed by atoms with Gasteiger partial charge in [-0.3, -0.25) is 9.52 Å². The van der Waals surface area contributed by atoms with Crippen molar-refractivity contribution in [2.24, 2.45) is 5.92 Å². The predicted molar refractivity (Wildman–Crippen MR) is 97.3 cm³/mol. The molecule has 0 atom stereocenters. The summed E-state index contributed by atoms with van der Waals surface area (Å²) in [4.78, 5) is 14.0. The van der Waals surface area contributed by atoms with Crippen molar-refractivity contribution in [3.8, 4) is 5.75 Å². The summed E-state index contributed by atoms with van der Waals surface area (Å²) >= 11 is 0. The van der Waals surface area contributed by atoms with Crippen molar-refractivity contribution < 1.29 is 22.3 Å². The fourth-order valence-corrected chi connectivity index (χ4v) is 4.09. The van der Waals surface area contributed by atoms with Crippen molar-refractivity contribution in [1.29, 1.82) is 0 Å². The van der Waals surface area contributed by atoms with Crippen LogP contribution in [0.25, 0.3) is 0 Å². The number of hydrogen-bond donors (Lipinski definition) is 1. The summed E-state index contributed by atoms with van der Waals surface area (Å²) in [6, 6.07) is 9.53. The average Bonchev–Trinajstić information content (AvgIpc) is 3.45. The van der Waals surface area contributed by atoms with Gasteiger partial charge < -0.3 is 9.64 Å². The highest BCUT2D eigenvalue weighted by Gasteiger charge is 2.29. The second-order valence-corrected chi connectivity index (χ2v) is 8.57. The largest absolute Gasteiger partial charge is 0.483 e. The molecule has 1 aliphatic heterocycles. The Kier molecular flexibility index (Phi) is 4.51. The van der Waals surface area contributed by atoms with Gasteiger partial charge in [-0.1, -0.05) is 0 Å². The number of nitrogens with one attached hydrogen (secondary N) is 1. The van der Waals surface area contributed by atoms with Crippen molar-refractivity contribution in [1.82, 2.24) is 4.90 Å². The molecule has 1 saturated carbocycles. The molecule has 4 rings (SSSR count). The van der Waals surface area contributed by atoms with Crippen LogP contribution in [0.1, 0.15) is 18.4 Å². The second kappa shape index (κ2) is 6.84. The molecule has 1 amide bonds. The minimum atomic E-state index is -3.84. The maximum Gasteiger partial charge on any atom is 0.261 e. The third-order valence-electron chi connectivity index (χ3n) is 4.68.